The van der Waals surface area contributed by atoms with Gasteiger partial charge in [-0.1, -0.05) is 127 Å². The van der Waals surface area contributed by atoms with Crippen LogP contribution in [0.5, 0.6) is 0 Å². The van der Waals surface area contributed by atoms with Crippen LogP contribution in [0, 0.1) is 0 Å². The van der Waals surface area contributed by atoms with Gasteiger partial charge in [-0.25, -0.2) is 4.99 Å². The highest BCUT2D eigenvalue weighted by Crippen LogP contribution is 2.41. The Morgan fingerprint density at radius 1 is 0.511 bits per heavy atom. The molecule has 1 N–H and O–H groups in total. The van der Waals surface area contributed by atoms with E-state index < -0.39 is 5.66 Å². The number of rotatable bonds is 3. The molecule has 5 nitrogen and oxygen atoms in total. The van der Waals surface area contributed by atoms with Gasteiger partial charge in [0.1, 0.15) is 5.84 Å². The molecule has 9 rings (SSSR count). The second kappa shape index (κ2) is 9.79. The second-order valence-corrected chi connectivity index (χ2v) is 11.7. The average molecular weight is 580 g/mol. The van der Waals surface area contributed by atoms with E-state index in [9.17, 15) is 0 Å². The third kappa shape index (κ3) is 3.87. The van der Waals surface area contributed by atoms with Crippen LogP contribution < -0.4 is 5.32 Å². The summed E-state index contributed by atoms with van der Waals surface area (Å²) in [4.78, 5) is 10.7. The standard InChI is InChI=1S/C40H29N5/c1-40(28-17-7-3-8-18-28)42-38(27-15-5-2-6-16-27)41-39(43-40)45-35-24-14-12-22-31(35)33-26-25-32-30-21-11-13-23-34(30)44(36(32)37(33)45)29-19-9-4-10-20-29/h2-26H,1H3,(H,41,42,43). The number of aromatic nitrogens is 2. The maximum absolute atomic E-state index is 5.44. The van der Waals surface area contributed by atoms with Gasteiger partial charge in [-0.3, -0.25) is 4.57 Å². The zero-order valence-electron chi connectivity index (χ0n) is 24.7. The Hall–Kier alpha value is -5.94. The zero-order chi connectivity index (χ0) is 30.0. The van der Waals surface area contributed by atoms with Crippen LogP contribution in [-0.2, 0) is 5.66 Å². The first-order valence-corrected chi connectivity index (χ1v) is 15.3. The van der Waals surface area contributed by atoms with Crippen LogP contribution in [0.2, 0.25) is 0 Å². The topological polar surface area (TPSA) is 46.6 Å². The minimum atomic E-state index is -0.749. The molecule has 0 saturated carbocycles. The quantitative estimate of drug-likeness (QED) is 0.223. The summed E-state index contributed by atoms with van der Waals surface area (Å²) in [5.74, 6) is 1.43. The van der Waals surface area contributed by atoms with E-state index >= 15 is 0 Å². The maximum atomic E-state index is 5.44. The number of nitrogens with one attached hydrogen (secondary N) is 1. The summed E-state index contributed by atoms with van der Waals surface area (Å²) < 4.78 is 4.67. The van der Waals surface area contributed by atoms with Crippen molar-refractivity contribution in [3.05, 3.63) is 163 Å². The van der Waals surface area contributed by atoms with Gasteiger partial charge in [0.15, 0.2) is 5.66 Å². The fraction of sp³-hybridized carbons (Fsp3) is 0.0500. The van der Waals surface area contributed by atoms with E-state index in [2.05, 4.69) is 149 Å². The first kappa shape index (κ1) is 25.5. The first-order chi connectivity index (χ1) is 22.2. The number of nitrogens with zero attached hydrogens (tertiary/aromatic N) is 4. The molecular formula is C40H29N5. The Morgan fingerprint density at radius 3 is 1.67 bits per heavy atom. The van der Waals surface area contributed by atoms with Crippen molar-refractivity contribution < 1.29 is 0 Å². The Kier molecular flexibility index (Phi) is 5.56. The lowest BCUT2D eigenvalue weighted by Crippen LogP contribution is -2.47. The number of aliphatic imine (C=N–C) groups is 2. The minimum Gasteiger partial charge on any atom is -0.342 e. The van der Waals surface area contributed by atoms with E-state index in [1.807, 2.05) is 24.3 Å². The number of amidine groups is 1. The van der Waals surface area contributed by atoms with Gasteiger partial charge < -0.3 is 9.88 Å². The number of hydrogen-bond acceptors (Lipinski definition) is 3. The monoisotopic (exact) mass is 579 g/mol. The number of hydrogen-bond donors (Lipinski definition) is 1. The van der Waals surface area contributed by atoms with Crippen LogP contribution in [0.3, 0.4) is 0 Å². The van der Waals surface area contributed by atoms with Crippen molar-refractivity contribution in [3.8, 4) is 5.69 Å². The Balaban J connectivity index is 1.46. The summed E-state index contributed by atoms with van der Waals surface area (Å²) in [6, 6.07) is 53.2. The molecule has 0 bridgehead atoms. The molecule has 0 aliphatic carbocycles. The normalized spacial score (nSPS) is 16.6. The third-order valence-electron chi connectivity index (χ3n) is 8.96. The molecule has 1 unspecified atom stereocenters. The fourth-order valence-corrected chi connectivity index (χ4v) is 6.90. The molecule has 214 valence electrons. The van der Waals surface area contributed by atoms with Crippen molar-refractivity contribution in [1.29, 1.82) is 0 Å². The van der Waals surface area contributed by atoms with Gasteiger partial charge in [0.2, 0.25) is 5.96 Å². The van der Waals surface area contributed by atoms with Gasteiger partial charge in [0, 0.05) is 32.8 Å². The summed E-state index contributed by atoms with van der Waals surface area (Å²) in [6.45, 7) is 2.13. The number of para-hydroxylation sites is 3. The van der Waals surface area contributed by atoms with Crippen LogP contribution in [0.1, 0.15) is 18.1 Å². The average Bonchev–Trinajstić information content (AvgIpc) is 3.62. The molecule has 2 aromatic heterocycles. The Labute approximate surface area is 260 Å². The second-order valence-electron chi connectivity index (χ2n) is 11.7. The van der Waals surface area contributed by atoms with Gasteiger partial charge in [-0.05, 0) is 36.8 Å². The van der Waals surface area contributed by atoms with E-state index in [0.717, 1.165) is 50.1 Å². The van der Waals surface area contributed by atoms with Crippen LogP contribution in [0.25, 0.3) is 49.3 Å². The van der Waals surface area contributed by atoms with Crippen LogP contribution in [-0.4, -0.2) is 20.9 Å². The van der Waals surface area contributed by atoms with E-state index in [0.29, 0.717) is 5.96 Å². The number of fused-ring (bicyclic) bond motifs is 7. The Morgan fingerprint density at radius 2 is 1.02 bits per heavy atom. The molecule has 45 heavy (non-hydrogen) atoms. The largest absolute Gasteiger partial charge is 0.342 e. The summed E-state index contributed by atoms with van der Waals surface area (Å²) in [5, 5.41) is 8.43. The molecular weight excluding hydrogens is 550 g/mol. The van der Waals surface area contributed by atoms with Gasteiger partial charge in [-0.15, -0.1) is 0 Å². The lowest BCUT2D eigenvalue weighted by atomic mass is 10.0. The predicted octanol–water partition coefficient (Wildman–Crippen LogP) is 9.02. The van der Waals surface area contributed by atoms with Gasteiger partial charge in [-0.2, -0.15) is 4.99 Å². The molecule has 0 fully saturated rings. The SMILES string of the molecule is CC1(c2ccccc2)N=C(n2c3ccccc3c3ccc4c5ccccc5n(-c5ccccc5)c4c32)N=C(c2ccccc2)N1. The molecule has 3 heterocycles. The molecule has 0 amide bonds. The van der Waals surface area contributed by atoms with E-state index in [4.69, 9.17) is 9.98 Å². The number of benzene rings is 6. The van der Waals surface area contributed by atoms with Crippen molar-refractivity contribution in [1.82, 2.24) is 14.5 Å². The summed E-state index contributed by atoms with van der Waals surface area (Å²) in [6.07, 6.45) is 0. The van der Waals surface area contributed by atoms with Gasteiger partial charge in [0.25, 0.3) is 0 Å². The fourth-order valence-electron chi connectivity index (χ4n) is 6.90. The lowest BCUT2D eigenvalue weighted by molar-refractivity contribution is 0.452. The smallest absolute Gasteiger partial charge is 0.234 e. The Bertz CT molecular complexity index is 2450. The minimum absolute atomic E-state index is 0.641. The maximum Gasteiger partial charge on any atom is 0.234 e. The molecule has 0 radical (unpaired) electrons. The van der Waals surface area contributed by atoms with Crippen molar-refractivity contribution in [2.75, 3.05) is 0 Å². The summed E-state index contributed by atoms with van der Waals surface area (Å²) >= 11 is 0. The van der Waals surface area contributed by atoms with E-state index in [1.165, 1.54) is 16.2 Å². The van der Waals surface area contributed by atoms with Crippen LogP contribution >= 0.6 is 0 Å². The van der Waals surface area contributed by atoms with Gasteiger partial charge in [0.05, 0.1) is 22.1 Å². The van der Waals surface area contributed by atoms with Crippen molar-refractivity contribution in [2.45, 2.75) is 12.6 Å². The first-order valence-electron chi connectivity index (χ1n) is 15.3. The van der Waals surface area contributed by atoms with Crippen molar-refractivity contribution in [3.63, 3.8) is 0 Å². The van der Waals surface area contributed by atoms with Gasteiger partial charge >= 0.3 is 0 Å². The van der Waals surface area contributed by atoms with Crippen LogP contribution in [0.15, 0.2) is 162 Å². The highest BCUT2D eigenvalue weighted by Gasteiger charge is 2.33. The van der Waals surface area contributed by atoms with E-state index in [-0.39, 0.29) is 0 Å². The molecule has 0 spiro atoms. The molecule has 1 aliphatic heterocycles. The summed E-state index contributed by atoms with van der Waals surface area (Å²) in [7, 11) is 0. The van der Waals surface area contributed by atoms with Crippen molar-refractivity contribution >= 4 is 55.4 Å². The highest BCUT2D eigenvalue weighted by molar-refractivity contribution is 6.26. The molecule has 6 aromatic carbocycles. The third-order valence-corrected chi connectivity index (χ3v) is 8.96. The molecule has 0 saturated heterocycles. The predicted molar refractivity (Wildman–Crippen MR) is 187 cm³/mol. The lowest BCUT2D eigenvalue weighted by Gasteiger charge is -2.33. The molecule has 5 heteroatoms. The zero-order valence-corrected chi connectivity index (χ0v) is 24.7. The molecule has 1 atom stereocenters. The van der Waals surface area contributed by atoms with Crippen molar-refractivity contribution in [2.24, 2.45) is 9.98 Å². The molecule has 1 aliphatic rings. The summed E-state index contributed by atoms with van der Waals surface area (Å²) in [5.41, 5.74) is 6.89. The molecule has 8 aromatic rings. The van der Waals surface area contributed by atoms with Crippen LogP contribution in [0.4, 0.5) is 0 Å². The van der Waals surface area contributed by atoms with E-state index in [1.54, 1.807) is 0 Å². The highest BCUT2D eigenvalue weighted by atomic mass is 15.3.